The first-order valence-electron chi connectivity index (χ1n) is 8.31. The lowest BCUT2D eigenvalue weighted by molar-refractivity contribution is -0.131. The number of amides is 3. The van der Waals surface area contributed by atoms with Gasteiger partial charge in [-0.3, -0.25) is 9.69 Å². The fraction of sp³-hybridized carbons (Fsp3) is 0.211. The van der Waals surface area contributed by atoms with E-state index in [4.69, 9.17) is 0 Å². The molecular formula is C19H16F2N4O2. The van der Waals surface area contributed by atoms with Crippen LogP contribution in [0.15, 0.2) is 42.5 Å². The molecule has 2 aromatic carbocycles. The van der Waals surface area contributed by atoms with Crippen molar-refractivity contribution in [2.24, 2.45) is 7.05 Å². The molecule has 0 bridgehead atoms. The van der Waals surface area contributed by atoms with Crippen LogP contribution in [0.5, 0.6) is 0 Å². The first-order valence-corrected chi connectivity index (χ1v) is 8.31. The van der Waals surface area contributed by atoms with Crippen molar-refractivity contribution in [1.29, 1.82) is 0 Å². The first-order chi connectivity index (χ1) is 12.8. The second-order valence-electron chi connectivity index (χ2n) is 6.65. The number of benzene rings is 2. The molecule has 1 fully saturated rings. The van der Waals surface area contributed by atoms with E-state index in [1.165, 1.54) is 13.0 Å². The van der Waals surface area contributed by atoms with Gasteiger partial charge >= 0.3 is 6.03 Å². The Labute approximate surface area is 153 Å². The summed E-state index contributed by atoms with van der Waals surface area (Å²) in [6, 6.07) is 10.00. The molecule has 138 valence electrons. The van der Waals surface area contributed by atoms with Gasteiger partial charge in [-0.25, -0.2) is 18.6 Å². The number of imidazole rings is 1. The monoisotopic (exact) mass is 370 g/mol. The van der Waals surface area contributed by atoms with E-state index < -0.39 is 29.1 Å². The van der Waals surface area contributed by atoms with Crippen LogP contribution in [-0.2, 0) is 23.9 Å². The van der Waals surface area contributed by atoms with E-state index in [9.17, 15) is 18.4 Å². The summed E-state index contributed by atoms with van der Waals surface area (Å²) in [5.41, 5.74) is 0.330. The summed E-state index contributed by atoms with van der Waals surface area (Å²) in [6.07, 6.45) is 0. The number of nitrogens with one attached hydrogen (secondary N) is 1. The van der Waals surface area contributed by atoms with E-state index in [2.05, 4.69) is 10.3 Å². The van der Waals surface area contributed by atoms with E-state index in [0.29, 0.717) is 5.82 Å². The van der Waals surface area contributed by atoms with Gasteiger partial charge in [0.2, 0.25) is 0 Å². The zero-order valence-corrected chi connectivity index (χ0v) is 14.7. The van der Waals surface area contributed by atoms with Gasteiger partial charge in [-0.15, -0.1) is 0 Å². The lowest BCUT2D eigenvalue weighted by atomic mass is 9.92. The average molecular weight is 370 g/mol. The Hall–Kier alpha value is -3.29. The standard InChI is InChI=1S/C19H16F2N4O2/c1-19(11-7-8-12(20)13(21)9-11)17(26)25(18(27)23-19)10-16-22-14-5-3-4-6-15(14)24(16)2/h3-9H,10H2,1-2H3,(H,23,27)/t19-/m1/s1. The molecule has 1 aliphatic rings. The molecule has 8 heteroatoms. The molecule has 2 heterocycles. The van der Waals surface area contributed by atoms with E-state index in [-0.39, 0.29) is 12.1 Å². The van der Waals surface area contributed by atoms with Gasteiger partial charge in [-0.1, -0.05) is 18.2 Å². The molecular weight excluding hydrogens is 354 g/mol. The quantitative estimate of drug-likeness (QED) is 0.721. The van der Waals surface area contributed by atoms with Crippen LogP contribution in [0.25, 0.3) is 11.0 Å². The highest BCUT2D eigenvalue weighted by atomic mass is 19.2. The van der Waals surface area contributed by atoms with Crippen LogP contribution < -0.4 is 5.32 Å². The van der Waals surface area contributed by atoms with E-state index in [1.807, 2.05) is 28.8 Å². The number of fused-ring (bicyclic) bond motifs is 1. The summed E-state index contributed by atoms with van der Waals surface area (Å²) in [6.45, 7) is 1.43. The Bertz CT molecular complexity index is 1090. The minimum atomic E-state index is -1.48. The number of urea groups is 1. The third kappa shape index (κ3) is 2.56. The van der Waals surface area contributed by atoms with Crippen molar-refractivity contribution in [2.45, 2.75) is 19.0 Å². The highest BCUT2D eigenvalue weighted by molar-refractivity contribution is 6.07. The summed E-state index contributed by atoms with van der Waals surface area (Å²) in [5, 5.41) is 2.58. The number of nitrogens with zero attached hydrogens (tertiary/aromatic N) is 3. The van der Waals surface area contributed by atoms with Gasteiger partial charge in [0.25, 0.3) is 5.91 Å². The third-order valence-electron chi connectivity index (χ3n) is 4.95. The van der Waals surface area contributed by atoms with Gasteiger partial charge in [0.05, 0.1) is 17.6 Å². The molecule has 1 aliphatic heterocycles. The normalized spacial score (nSPS) is 19.8. The van der Waals surface area contributed by atoms with Crippen LogP contribution in [0.1, 0.15) is 18.3 Å². The Morgan fingerprint density at radius 1 is 1.11 bits per heavy atom. The van der Waals surface area contributed by atoms with Crippen molar-refractivity contribution in [2.75, 3.05) is 0 Å². The second kappa shape index (κ2) is 5.87. The topological polar surface area (TPSA) is 67.2 Å². The van der Waals surface area contributed by atoms with Crippen molar-refractivity contribution in [3.05, 3.63) is 65.5 Å². The first kappa shape index (κ1) is 17.1. The van der Waals surface area contributed by atoms with E-state index in [0.717, 1.165) is 28.1 Å². The van der Waals surface area contributed by atoms with Crippen molar-refractivity contribution < 1.29 is 18.4 Å². The van der Waals surface area contributed by atoms with E-state index >= 15 is 0 Å². The Balaban J connectivity index is 1.68. The van der Waals surface area contributed by atoms with Crippen LogP contribution in [0.2, 0.25) is 0 Å². The number of rotatable bonds is 3. The zero-order chi connectivity index (χ0) is 19.3. The number of halogens is 2. The van der Waals surface area contributed by atoms with Gasteiger partial charge in [-0.05, 0) is 36.8 Å². The fourth-order valence-electron chi connectivity index (χ4n) is 3.32. The number of aromatic nitrogens is 2. The molecule has 27 heavy (non-hydrogen) atoms. The molecule has 1 N–H and O–H groups in total. The maximum Gasteiger partial charge on any atom is 0.325 e. The predicted molar refractivity (Wildman–Crippen MR) is 93.5 cm³/mol. The van der Waals surface area contributed by atoms with Gasteiger partial charge < -0.3 is 9.88 Å². The SMILES string of the molecule is Cn1c(CN2C(=O)N[C@](C)(c3ccc(F)c(F)c3)C2=O)nc2ccccc21. The summed E-state index contributed by atoms with van der Waals surface area (Å²) >= 11 is 0. The van der Waals surface area contributed by atoms with Gasteiger partial charge in [-0.2, -0.15) is 0 Å². The van der Waals surface area contributed by atoms with Gasteiger partial charge in [0, 0.05) is 7.05 Å². The second-order valence-corrected chi connectivity index (χ2v) is 6.65. The Morgan fingerprint density at radius 2 is 1.85 bits per heavy atom. The summed E-state index contributed by atoms with van der Waals surface area (Å²) < 4.78 is 28.7. The Morgan fingerprint density at radius 3 is 2.56 bits per heavy atom. The highest BCUT2D eigenvalue weighted by Gasteiger charge is 2.49. The number of imide groups is 1. The van der Waals surface area contributed by atoms with E-state index in [1.54, 1.807) is 7.05 Å². The van der Waals surface area contributed by atoms with Gasteiger partial charge in [0.15, 0.2) is 11.6 Å². The van der Waals surface area contributed by atoms with Gasteiger partial charge in [0.1, 0.15) is 11.4 Å². The molecule has 0 spiro atoms. The van der Waals surface area contributed by atoms with Crippen LogP contribution in [0, 0.1) is 11.6 Å². The molecule has 0 saturated carbocycles. The largest absolute Gasteiger partial charge is 0.330 e. The maximum atomic E-state index is 13.6. The molecule has 3 amide bonds. The van der Waals surface area contributed by atoms with Crippen LogP contribution in [0.3, 0.4) is 0 Å². The maximum absolute atomic E-state index is 13.6. The fourth-order valence-corrected chi connectivity index (χ4v) is 3.32. The van der Waals surface area contributed by atoms with Crippen LogP contribution >= 0.6 is 0 Å². The minimum Gasteiger partial charge on any atom is -0.330 e. The van der Waals surface area contributed by atoms with Crippen molar-refractivity contribution in [3.8, 4) is 0 Å². The molecule has 1 aromatic heterocycles. The van der Waals surface area contributed by atoms with Crippen LogP contribution in [-0.4, -0.2) is 26.4 Å². The van der Waals surface area contributed by atoms with Crippen molar-refractivity contribution in [1.82, 2.24) is 19.8 Å². The molecule has 0 aliphatic carbocycles. The third-order valence-corrected chi connectivity index (χ3v) is 4.95. The molecule has 0 radical (unpaired) electrons. The molecule has 6 nitrogen and oxygen atoms in total. The number of para-hydroxylation sites is 2. The average Bonchev–Trinajstić information content (AvgIpc) is 3.07. The molecule has 1 atom stereocenters. The lowest BCUT2D eigenvalue weighted by Crippen LogP contribution is -2.41. The number of carbonyl (C=O) groups excluding carboxylic acids is 2. The molecule has 3 aromatic rings. The summed E-state index contributed by atoms with van der Waals surface area (Å²) in [4.78, 5) is 30.9. The zero-order valence-electron chi connectivity index (χ0n) is 14.7. The number of aryl methyl sites for hydroxylation is 1. The smallest absolute Gasteiger partial charge is 0.325 e. The van der Waals surface area contributed by atoms with Crippen LogP contribution in [0.4, 0.5) is 13.6 Å². The molecule has 0 unspecified atom stereocenters. The number of hydrogen-bond donors (Lipinski definition) is 1. The lowest BCUT2D eigenvalue weighted by Gasteiger charge is -2.22. The highest BCUT2D eigenvalue weighted by Crippen LogP contribution is 2.31. The predicted octanol–water partition coefficient (Wildman–Crippen LogP) is 2.82. The number of carbonyl (C=O) groups is 2. The Kier molecular flexibility index (Phi) is 3.73. The molecule has 1 saturated heterocycles. The number of hydrogen-bond acceptors (Lipinski definition) is 3. The van der Waals surface area contributed by atoms with Crippen molar-refractivity contribution in [3.63, 3.8) is 0 Å². The summed E-state index contributed by atoms with van der Waals surface area (Å²) in [5.74, 6) is -2.11. The summed E-state index contributed by atoms with van der Waals surface area (Å²) in [7, 11) is 1.80. The van der Waals surface area contributed by atoms with Crippen molar-refractivity contribution >= 4 is 23.0 Å². The minimum absolute atomic E-state index is 0.0326. The molecule has 4 rings (SSSR count).